The van der Waals surface area contributed by atoms with E-state index >= 15 is 0 Å². The predicted molar refractivity (Wildman–Crippen MR) is 127 cm³/mol. The minimum Gasteiger partial charge on any atom is -0.322 e. The van der Waals surface area contributed by atoms with Crippen LogP contribution in [0.2, 0.25) is 0 Å². The molecule has 1 aliphatic rings. The molecule has 2 heterocycles. The van der Waals surface area contributed by atoms with Crippen LogP contribution in [0.4, 0.5) is 24.5 Å². The molecule has 2 N–H and O–H groups in total. The van der Waals surface area contributed by atoms with E-state index in [4.69, 9.17) is 5.26 Å². The van der Waals surface area contributed by atoms with Crippen molar-refractivity contribution in [2.45, 2.75) is 32.1 Å². The summed E-state index contributed by atoms with van der Waals surface area (Å²) >= 11 is 0. The summed E-state index contributed by atoms with van der Waals surface area (Å²) in [7, 11) is 0. The number of carbonyl (C=O) groups excluding carboxylic acids is 2. The normalized spacial score (nSPS) is 15.4. The highest BCUT2D eigenvalue weighted by Crippen LogP contribution is 2.27. The fourth-order valence-electron chi connectivity index (χ4n) is 4.08. The zero-order valence-electron chi connectivity index (χ0n) is 19.3. The van der Waals surface area contributed by atoms with Gasteiger partial charge >= 0.3 is 6.18 Å². The summed E-state index contributed by atoms with van der Waals surface area (Å²) in [6.45, 7) is 1.37. The number of nitriles is 1. The van der Waals surface area contributed by atoms with E-state index in [2.05, 4.69) is 15.7 Å². The second kappa shape index (κ2) is 10.2. The SMILES string of the molecule is C[C@H]1Cn2ncc(C(=O)Nc3cccc(C#N)c3)c2C(=O)N1c1ccc(CCNCC(F)(F)F)cc1. The van der Waals surface area contributed by atoms with Crippen molar-refractivity contribution in [2.75, 3.05) is 23.3 Å². The van der Waals surface area contributed by atoms with Gasteiger partial charge in [-0.25, -0.2) is 0 Å². The van der Waals surface area contributed by atoms with Gasteiger partial charge in [-0.3, -0.25) is 14.3 Å². The molecule has 2 aromatic carbocycles. The first-order valence-corrected chi connectivity index (χ1v) is 11.2. The number of aromatic nitrogens is 2. The van der Waals surface area contributed by atoms with Gasteiger partial charge in [0.2, 0.25) is 0 Å². The summed E-state index contributed by atoms with van der Waals surface area (Å²) in [6, 6.07) is 15.2. The number of benzene rings is 2. The first-order chi connectivity index (χ1) is 17.2. The Morgan fingerprint density at radius 1 is 1.22 bits per heavy atom. The lowest BCUT2D eigenvalue weighted by Crippen LogP contribution is -2.47. The zero-order chi connectivity index (χ0) is 25.9. The lowest BCUT2D eigenvalue weighted by Gasteiger charge is -2.34. The highest BCUT2D eigenvalue weighted by atomic mass is 19.4. The predicted octanol–water partition coefficient (Wildman–Crippen LogP) is 3.75. The van der Waals surface area contributed by atoms with Crippen molar-refractivity contribution in [3.05, 3.63) is 77.1 Å². The van der Waals surface area contributed by atoms with E-state index in [0.717, 1.165) is 5.56 Å². The number of nitrogens with zero attached hydrogens (tertiary/aromatic N) is 4. The molecule has 8 nitrogen and oxygen atoms in total. The van der Waals surface area contributed by atoms with Crippen LogP contribution < -0.4 is 15.5 Å². The average Bonchev–Trinajstić information content (AvgIpc) is 3.26. The van der Waals surface area contributed by atoms with Gasteiger partial charge in [0.05, 0.1) is 42.5 Å². The number of amides is 2. The molecule has 2 amide bonds. The number of anilines is 2. The van der Waals surface area contributed by atoms with Crippen LogP contribution >= 0.6 is 0 Å². The molecule has 186 valence electrons. The van der Waals surface area contributed by atoms with Crippen LogP contribution in [0.15, 0.2) is 54.7 Å². The van der Waals surface area contributed by atoms with Crippen LogP contribution in [-0.2, 0) is 13.0 Å². The molecular formula is C25H23F3N6O2. The van der Waals surface area contributed by atoms with Crippen molar-refractivity contribution in [2.24, 2.45) is 0 Å². The molecule has 0 saturated carbocycles. The topological polar surface area (TPSA) is 103 Å². The molecule has 1 atom stereocenters. The van der Waals surface area contributed by atoms with Crippen molar-refractivity contribution >= 4 is 23.2 Å². The first-order valence-electron chi connectivity index (χ1n) is 11.2. The maximum atomic E-state index is 13.5. The Hall–Kier alpha value is -4.17. The molecule has 0 fully saturated rings. The summed E-state index contributed by atoms with van der Waals surface area (Å²) in [5.41, 5.74) is 2.53. The lowest BCUT2D eigenvalue weighted by atomic mass is 10.1. The van der Waals surface area contributed by atoms with Crippen LogP contribution in [0.1, 0.15) is 38.9 Å². The highest BCUT2D eigenvalue weighted by Gasteiger charge is 2.35. The Balaban J connectivity index is 1.49. The number of nitrogens with one attached hydrogen (secondary N) is 2. The summed E-state index contributed by atoms with van der Waals surface area (Å²) < 4.78 is 38.3. The lowest BCUT2D eigenvalue weighted by molar-refractivity contribution is -0.124. The van der Waals surface area contributed by atoms with E-state index in [0.29, 0.717) is 29.9 Å². The molecule has 0 radical (unpaired) electrons. The van der Waals surface area contributed by atoms with Gasteiger partial charge < -0.3 is 15.5 Å². The van der Waals surface area contributed by atoms with Crippen molar-refractivity contribution < 1.29 is 22.8 Å². The number of rotatable bonds is 7. The Morgan fingerprint density at radius 3 is 2.67 bits per heavy atom. The van der Waals surface area contributed by atoms with Crippen molar-refractivity contribution in [1.82, 2.24) is 15.1 Å². The van der Waals surface area contributed by atoms with Crippen LogP contribution in [-0.4, -0.2) is 46.9 Å². The number of halogens is 3. The van der Waals surface area contributed by atoms with E-state index in [1.807, 2.05) is 13.0 Å². The molecule has 1 aromatic heterocycles. The second-order valence-electron chi connectivity index (χ2n) is 8.47. The standard InChI is InChI=1S/C25H23F3N6O2/c1-16-14-33-22(21(13-31-33)23(35)32-19-4-2-3-18(11-19)12-29)24(36)34(16)20-7-5-17(6-8-20)9-10-30-15-25(26,27)28/h2-8,11,13,16,30H,9-10,14-15H2,1H3,(H,32,35)/t16-/m0/s1. The van der Waals surface area contributed by atoms with Crippen LogP contribution in [0.25, 0.3) is 0 Å². The first kappa shape index (κ1) is 24.9. The Morgan fingerprint density at radius 2 is 1.97 bits per heavy atom. The van der Waals surface area contributed by atoms with Gasteiger partial charge in [-0.15, -0.1) is 0 Å². The van der Waals surface area contributed by atoms with Crippen LogP contribution in [0, 0.1) is 11.3 Å². The van der Waals surface area contributed by atoms with Gasteiger partial charge in [-0.1, -0.05) is 18.2 Å². The zero-order valence-corrected chi connectivity index (χ0v) is 19.3. The molecule has 36 heavy (non-hydrogen) atoms. The highest BCUT2D eigenvalue weighted by molar-refractivity contribution is 6.15. The number of fused-ring (bicyclic) bond motifs is 1. The van der Waals surface area contributed by atoms with Crippen LogP contribution in [0.5, 0.6) is 0 Å². The second-order valence-corrected chi connectivity index (χ2v) is 8.47. The molecular weight excluding hydrogens is 473 g/mol. The molecule has 0 spiro atoms. The molecule has 11 heteroatoms. The van der Waals surface area contributed by atoms with Gasteiger partial charge in [-0.2, -0.15) is 23.5 Å². The molecule has 1 aliphatic heterocycles. The average molecular weight is 496 g/mol. The number of hydrogen-bond acceptors (Lipinski definition) is 5. The van der Waals surface area contributed by atoms with E-state index in [9.17, 15) is 22.8 Å². The minimum atomic E-state index is -4.25. The van der Waals surface area contributed by atoms with E-state index < -0.39 is 18.6 Å². The van der Waals surface area contributed by atoms with Gasteiger partial charge in [0.15, 0.2) is 0 Å². The Kier molecular flexibility index (Phi) is 7.07. The summed E-state index contributed by atoms with van der Waals surface area (Å²) in [5, 5.41) is 18.4. The third-order valence-corrected chi connectivity index (χ3v) is 5.76. The van der Waals surface area contributed by atoms with Gasteiger partial charge in [-0.05, 0) is 55.8 Å². The maximum absolute atomic E-state index is 13.5. The largest absolute Gasteiger partial charge is 0.401 e. The van der Waals surface area contributed by atoms with Crippen molar-refractivity contribution in [1.29, 1.82) is 5.26 Å². The molecule has 0 saturated heterocycles. The van der Waals surface area contributed by atoms with Crippen molar-refractivity contribution in [3.63, 3.8) is 0 Å². The summed E-state index contributed by atoms with van der Waals surface area (Å²) in [6.07, 6.45) is -2.49. The molecule has 3 aromatic rings. The fourth-order valence-corrected chi connectivity index (χ4v) is 4.08. The van der Waals surface area contributed by atoms with Gasteiger partial charge in [0.25, 0.3) is 11.8 Å². The molecule has 0 aliphatic carbocycles. The van der Waals surface area contributed by atoms with Crippen LogP contribution in [0.3, 0.4) is 0 Å². The third kappa shape index (κ3) is 5.55. The van der Waals surface area contributed by atoms with E-state index in [1.54, 1.807) is 47.4 Å². The summed E-state index contributed by atoms with van der Waals surface area (Å²) in [4.78, 5) is 28.0. The number of hydrogen-bond donors (Lipinski definition) is 2. The smallest absolute Gasteiger partial charge is 0.322 e. The summed E-state index contributed by atoms with van der Waals surface area (Å²) in [5.74, 6) is -0.905. The monoisotopic (exact) mass is 496 g/mol. The molecule has 0 bridgehead atoms. The molecule has 0 unspecified atom stereocenters. The Labute approximate surface area is 205 Å². The van der Waals surface area contributed by atoms with E-state index in [-0.39, 0.29) is 29.8 Å². The fraction of sp³-hybridized carbons (Fsp3) is 0.280. The minimum absolute atomic E-state index is 0.117. The van der Waals surface area contributed by atoms with Gasteiger partial charge in [0, 0.05) is 11.4 Å². The quantitative estimate of drug-likeness (QED) is 0.485. The number of carbonyl (C=O) groups is 2. The third-order valence-electron chi connectivity index (χ3n) is 5.76. The van der Waals surface area contributed by atoms with E-state index in [1.165, 1.54) is 16.9 Å². The van der Waals surface area contributed by atoms with Gasteiger partial charge in [0.1, 0.15) is 5.69 Å². The Bertz CT molecular complexity index is 1310. The molecule has 4 rings (SSSR count). The maximum Gasteiger partial charge on any atom is 0.401 e. The van der Waals surface area contributed by atoms with Crippen molar-refractivity contribution in [3.8, 4) is 6.07 Å². The number of alkyl halides is 3.